The fourth-order valence-electron chi connectivity index (χ4n) is 4.39. The number of hydrogen-bond acceptors (Lipinski definition) is 8. The maximum Gasteiger partial charge on any atom is 0.409 e. The number of nitrogens with two attached hydrogens (primary N) is 1. The molecule has 2 N–H and O–H groups in total. The van der Waals surface area contributed by atoms with Gasteiger partial charge in [0.2, 0.25) is 0 Å². The van der Waals surface area contributed by atoms with E-state index in [1.165, 1.54) is 24.2 Å². The van der Waals surface area contributed by atoms with E-state index in [1.807, 2.05) is 6.92 Å². The van der Waals surface area contributed by atoms with Crippen LogP contribution >= 0.6 is 0 Å². The van der Waals surface area contributed by atoms with Crippen LogP contribution in [0.2, 0.25) is 0 Å². The van der Waals surface area contributed by atoms with E-state index in [4.69, 9.17) is 15.6 Å². The van der Waals surface area contributed by atoms with E-state index in [1.54, 1.807) is 34.0 Å². The fourth-order valence-corrected chi connectivity index (χ4v) is 4.39. The van der Waals surface area contributed by atoms with Gasteiger partial charge in [-0.3, -0.25) is 0 Å². The summed E-state index contributed by atoms with van der Waals surface area (Å²) in [4.78, 5) is 22.2. The summed E-state index contributed by atoms with van der Waals surface area (Å²) in [6.07, 6.45) is 4.18. The van der Waals surface area contributed by atoms with Crippen molar-refractivity contribution >= 4 is 22.9 Å². The van der Waals surface area contributed by atoms with Crippen molar-refractivity contribution in [1.29, 1.82) is 0 Å². The quantitative estimate of drug-likeness (QED) is 0.487. The third-order valence-electron chi connectivity index (χ3n) is 6.26. The second-order valence-corrected chi connectivity index (χ2v) is 8.23. The largest absolute Gasteiger partial charge is 0.453 e. The number of likely N-dealkylation sites (tertiary alicyclic amines) is 1. The third kappa shape index (κ3) is 3.70. The van der Waals surface area contributed by atoms with Gasteiger partial charge in [-0.2, -0.15) is 5.10 Å². The number of amides is 1. The van der Waals surface area contributed by atoms with Gasteiger partial charge in [0.15, 0.2) is 5.65 Å². The summed E-state index contributed by atoms with van der Waals surface area (Å²) in [7, 11) is 1.38. The highest BCUT2D eigenvalue weighted by atomic mass is 19.1. The number of fused-ring (bicyclic) bond motifs is 1. The lowest BCUT2D eigenvalue weighted by Crippen LogP contribution is -2.37. The average molecular weight is 465 g/mol. The van der Waals surface area contributed by atoms with Gasteiger partial charge in [0.1, 0.15) is 29.3 Å². The summed E-state index contributed by atoms with van der Waals surface area (Å²) >= 11 is 0. The molecule has 1 aromatic carbocycles. The number of anilines is 1. The second-order valence-electron chi connectivity index (χ2n) is 8.23. The van der Waals surface area contributed by atoms with E-state index in [-0.39, 0.29) is 18.1 Å². The number of methoxy groups -OCH3 is 1. The molecule has 4 aromatic rings. The number of hydrogen-bond donors (Lipinski definition) is 1. The molecule has 1 aliphatic rings. The Hall–Kier alpha value is -4.09. The van der Waals surface area contributed by atoms with Crippen molar-refractivity contribution in [2.75, 3.05) is 25.9 Å². The highest BCUT2D eigenvalue weighted by molar-refractivity contribution is 5.88. The van der Waals surface area contributed by atoms with Crippen LogP contribution in [0.4, 0.5) is 15.0 Å². The summed E-state index contributed by atoms with van der Waals surface area (Å²) < 4.78 is 22.2. The normalized spacial score (nSPS) is 15.6. The molecule has 0 aliphatic carbocycles. The molecule has 1 aliphatic heterocycles. The minimum Gasteiger partial charge on any atom is -0.453 e. The number of nitrogen functional groups attached to an aromatic ring is 1. The topological polar surface area (TPSA) is 130 Å². The SMILES string of the molecule is COC(=O)N1CCC(c2nn(C(C)c3cn(-c4ccccc4F)nn3)c3ncnc(N)c23)CC1. The van der Waals surface area contributed by atoms with Crippen LogP contribution < -0.4 is 5.73 Å². The maximum absolute atomic E-state index is 14.2. The monoisotopic (exact) mass is 465 g/mol. The molecule has 0 radical (unpaired) electrons. The van der Waals surface area contributed by atoms with E-state index in [0.29, 0.717) is 54.2 Å². The third-order valence-corrected chi connectivity index (χ3v) is 6.26. The Morgan fingerprint density at radius 2 is 2.00 bits per heavy atom. The van der Waals surface area contributed by atoms with E-state index in [2.05, 4.69) is 20.3 Å². The highest BCUT2D eigenvalue weighted by Gasteiger charge is 2.30. The average Bonchev–Trinajstić information content (AvgIpc) is 3.50. The lowest BCUT2D eigenvalue weighted by Gasteiger charge is -2.30. The Morgan fingerprint density at radius 1 is 1.24 bits per heavy atom. The van der Waals surface area contributed by atoms with Gasteiger partial charge in [-0.25, -0.2) is 28.5 Å². The molecular weight excluding hydrogens is 441 g/mol. The zero-order valence-corrected chi connectivity index (χ0v) is 18.8. The standard InChI is InChI=1S/C22H24FN9O2/c1-13(16-11-31(29-27-16)17-6-4-3-5-15(17)23)32-21-18(20(24)25-12-26-21)19(28-32)14-7-9-30(10-8-14)22(33)34-2/h3-6,11-14H,7-10H2,1-2H3,(H2,24,25,26). The zero-order chi connectivity index (χ0) is 23.8. The number of carbonyl (C=O) groups excluding carboxylic acids is 1. The van der Waals surface area contributed by atoms with Gasteiger partial charge in [0.05, 0.1) is 30.4 Å². The van der Waals surface area contributed by atoms with Crippen LogP contribution in [0.3, 0.4) is 0 Å². The number of halogens is 1. The number of nitrogens with zero attached hydrogens (tertiary/aromatic N) is 8. The Kier molecular flexibility index (Phi) is 5.56. The molecule has 12 heteroatoms. The summed E-state index contributed by atoms with van der Waals surface area (Å²) in [6, 6.07) is 6.02. The van der Waals surface area contributed by atoms with Crippen LogP contribution in [0.15, 0.2) is 36.8 Å². The number of benzene rings is 1. The first-order valence-electron chi connectivity index (χ1n) is 11.0. The number of aromatic nitrogens is 7. The summed E-state index contributed by atoms with van der Waals surface area (Å²) in [5.74, 6) is 0.0420. The number of piperidine rings is 1. The summed E-state index contributed by atoms with van der Waals surface area (Å²) in [6.45, 7) is 3.04. The molecule has 5 rings (SSSR count). The van der Waals surface area contributed by atoms with Crippen LogP contribution in [0.5, 0.6) is 0 Å². The first-order valence-corrected chi connectivity index (χ1v) is 11.0. The van der Waals surface area contributed by atoms with Gasteiger partial charge < -0.3 is 15.4 Å². The molecule has 176 valence electrons. The van der Waals surface area contributed by atoms with Gasteiger partial charge in [0.25, 0.3) is 0 Å². The molecule has 3 aromatic heterocycles. The second kappa shape index (κ2) is 8.69. The van der Waals surface area contributed by atoms with E-state index in [9.17, 15) is 9.18 Å². The molecule has 1 unspecified atom stereocenters. The Morgan fingerprint density at radius 3 is 2.74 bits per heavy atom. The van der Waals surface area contributed by atoms with Crippen LogP contribution in [0.25, 0.3) is 16.7 Å². The van der Waals surface area contributed by atoms with Crippen LogP contribution in [-0.4, -0.2) is 65.9 Å². The number of carbonyl (C=O) groups is 1. The molecule has 1 amide bonds. The zero-order valence-electron chi connectivity index (χ0n) is 18.8. The van der Waals surface area contributed by atoms with Gasteiger partial charge >= 0.3 is 6.09 Å². The smallest absolute Gasteiger partial charge is 0.409 e. The van der Waals surface area contributed by atoms with Crippen molar-refractivity contribution in [3.05, 3.63) is 54.0 Å². The van der Waals surface area contributed by atoms with E-state index < -0.39 is 5.82 Å². The van der Waals surface area contributed by atoms with Crippen molar-refractivity contribution < 1.29 is 13.9 Å². The van der Waals surface area contributed by atoms with Crippen molar-refractivity contribution in [2.45, 2.75) is 31.7 Å². The predicted octanol–water partition coefficient (Wildman–Crippen LogP) is 2.68. The van der Waals surface area contributed by atoms with E-state index >= 15 is 0 Å². The Balaban J connectivity index is 1.49. The van der Waals surface area contributed by atoms with Crippen molar-refractivity contribution in [3.63, 3.8) is 0 Å². The molecular formula is C22H24FN9O2. The van der Waals surface area contributed by atoms with Crippen LogP contribution in [-0.2, 0) is 4.74 Å². The molecule has 1 fully saturated rings. The molecule has 1 saturated heterocycles. The Bertz CT molecular complexity index is 1340. The Labute approximate surface area is 194 Å². The molecule has 34 heavy (non-hydrogen) atoms. The predicted molar refractivity (Wildman–Crippen MR) is 121 cm³/mol. The van der Waals surface area contributed by atoms with E-state index in [0.717, 1.165) is 5.69 Å². The number of ether oxygens (including phenoxy) is 1. The molecule has 0 bridgehead atoms. The minimum atomic E-state index is -0.391. The van der Waals surface area contributed by atoms with Gasteiger partial charge in [-0.15, -0.1) is 5.10 Å². The van der Waals surface area contributed by atoms with Crippen molar-refractivity contribution in [1.82, 2.24) is 39.6 Å². The summed E-state index contributed by atoms with van der Waals surface area (Å²) in [5.41, 5.74) is 8.54. The van der Waals surface area contributed by atoms with Crippen molar-refractivity contribution in [2.24, 2.45) is 0 Å². The van der Waals surface area contributed by atoms with Crippen LogP contribution in [0.1, 0.15) is 43.1 Å². The molecule has 0 saturated carbocycles. The minimum absolute atomic E-state index is 0.0826. The maximum atomic E-state index is 14.2. The lowest BCUT2D eigenvalue weighted by atomic mass is 9.92. The van der Waals surface area contributed by atoms with Gasteiger partial charge in [-0.05, 0) is 31.9 Å². The molecule has 4 heterocycles. The number of rotatable bonds is 4. The molecule has 11 nitrogen and oxygen atoms in total. The van der Waals surface area contributed by atoms with Crippen LogP contribution in [0, 0.1) is 5.82 Å². The molecule has 1 atom stereocenters. The first-order chi connectivity index (χ1) is 16.5. The summed E-state index contributed by atoms with van der Waals surface area (Å²) in [5, 5.41) is 13.9. The van der Waals surface area contributed by atoms with Gasteiger partial charge in [-0.1, -0.05) is 17.3 Å². The first kappa shape index (κ1) is 21.7. The molecule has 0 spiro atoms. The fraction of sp³-hybridized carbons (Fsp3) is 0.364. The number of para-hydroxylation sites is 1. The van der Waals surface area contributed by atoms with Gasteiger partial charge in [0, 0.05) is 19.0 Å². The highest BCUT2D eigenvalue weighted by Crippen LogP contribution is 2.35. The lowest BCUT2D eigenvalue weighted by molar-refractivity contribution is 0.112. The van der Waals surface area contributed by atoms with Crippen molar-refractivity contribution in [3.8, 4) is 5.69 Å².